The van der Waals surface area contributed by atoms with Crippen molar-refractivity contribution in [1.29, 1.82) is 0 Å². The van der Waals surface area contributed by atoms with Crippen LogP contribution in [0.4, 0.5) is 5.69 Å². The molecule has 0 bridgehead atoms. The monoisotopic (exact) mass is 429 g/mol. The summed E-state index contributed by atoms with van der Waals surface area (Å²) < 4.78 is 10.5. The van der Waals surface area contributed by atoms with Crippen LogP contribution in [0.15, 0.2) is 47.4 Å². The SMILES string of the molecule is O=C(NN1C(=O)/C(=C/c2cc3c(cc2[N+](=O)[O-])OCO3)SC1=S)c1ccccc1. The van der Waals surface area contributed by atoms with E-state index in [9.17, 15) is 19.7 Å². The summed E-state index contributed by atoms with van der Waals surface area (Å²) in [7, 11) is 0. The van der Waals surface area contributed by atoms with Crippen LogP contribution in [0.3, 0.4) is 0 Å². The van der Waals surface area contributed by atoms with Crippen LogP contribution in [0.1, 0.15) is 15.9 Å². The molecule has 4 rings (SSSR count). The van der Waals surface area contributed by atoms with Gasteiger partial charge in [0.15, 0.2) is 15.8 Å². The van der Waals surface area contributed by atoms with Gasteiger partial charge in [-0.25, -0.2) is 0 Å². The van der Waals surface area contributed by atoms with Crippen LogP contribution in [0.5, 0.6) is 11.5 Å². The van der Waals surface area contributed by atoms with Crippen molar-refractivity contribution in [3.05, 3.63) is 68.6 Å². The molecule has 2 aliphatic heterocycles. The maximum atomic E-state index is 12.7. The van der Waals surface area contributed by atoms with Gasteiger partial charge in [0.25, 0.3) is 17.5 Å². The topological polar surface area (TPSA) is 111 Å². The van der Waals surface area contributed by atoms with Gasteiger partial charge >= 0.3 is 0 Å². The van der Waals surface area contributed by atoms with Gasteiger partial charge in [0, 0.05) is 5.56 Å². The number of hydrazine groups is 1. The molecule has 9 nitrogen and oxygen atoms in total. The molecule has 2 aromatic rings. The van der Waals surface area contributed by atoms with Crippen LogP contribution in [0.2, 0.25) is 0 Å². The molecule has 0 aliphatic carbocycles. The fourth-order valence-electron chi connectivity index (χ4n) is 2.68. The third kappa shape index (κ3) is 3.65. The molecule has 0 atom stereocenters. The Morgan fingerprint density at radius 1 is 1.24 bits per heavy atom. The molecular formula is C18H11N3O6S2. The molecule has 146 valence electrons. The molecule has 1 saturated heterocycles. The van der Waals surface area contributed by atoms with Crippen LogP contribution in [-0.4, -0.2) is 32.9 Å². The second-order valence-corrected chi connectivity index (χ2v) is 7.52. The lowest BCUT2D eigenvalue weighted by atomic mass is 10.1. The van der Waals surface area contributed by atoms with Crippen molar-refractivity contribution in [3.63, 3.8) is 0 Å². The van der Waals surface area contributed by atoms with Crippen LogP contribution >= 0.6 is 24.0 Å². The summed E-state index contributed by atoms with van der Waals surface area (Å²) in [4.78, 5) is 36.0. The fourth-order valence-corrected chi connectivity index (χ4v) is 3.85. The summed E-state index contributed by atoms with van der Waals surface area (Å²) in [5.41, 5.74) is 2.73. The van der Waals surface area contributed by atoms with Gasteiger partial charge in [0.1, 0.15) is 0 Å². The van der Waals surface area contributed by atoms with Crippen LogP contribution in [0.25, 0.3) is 6.08 Å². The van der Waals surface area contributed by atoms with Gasteiger partial charge < -0.3 is 9.47 Å². The Morgan fingerprint density at radius 3 is 2.62 bits per heavy atom. The Bertz CT molecular complexity index is 1090. The first-order valence-electron chi connectivity index (χ1n) is 8.16. The summed E-state index contributed by atoms with van der Waals surface area (Å²) in [5.74, 6) is -0.486. The van der Waals surface area contributed by atoms with Gasteiger partial charge in [-0.3, -0.25) is 25.1 Å². The Balaban J connectivity index is 1.61. The van der Waals surface area contributed by atoms with Crippen molar-refractivity contribution in [2.45, 2.75) is 0 Å². The normalized spacial score (nSPS) is 16.4. The average Bonchev–Trinajstić information content (AvgIpc) is 3.27. The van der Waals surface area contributed by atoms with E-state index in [2.05, 4.69) is 5.43 Å². The highest BCUT2D eigenvalue weighted by atomic mass is 32.2. The van der Waals surface area contributed by atoms with Gasteiger partial charge in [0.05, 0.1) is 21.5 Å². The van der Waals surface area contributed by atoms with Crippen LogP contribution in [-0.2, 0) is 4.79 Å². The van der Waals surface area contributed by atoms with Gasteiger partial charge in [-0.15, -0.1) is 0 Å². The van der Waals surface area contributed by atoms with E-state index in [0.717, 1.165) is 16.8 Å². The quantitative estimate of drug-likeness (QED) is 0.342. The molecule has 2 heterocycles. The van der Waals surface area contributed by atoms with E-state index >= 15 is 0 Å². The minimum atomic E-state index is -0.587. The third-order valence-corrected chi connectivity index (χ3v) is 5.35. The number of nitro groups is 1. The van der Waals surface area contributed by atoms with Crippen molar-refractivity contribution in [2.75, 3.05) is 6.79 Å². The van der Waals surface area contributed by atoms with E-state index in [1.807, 2.05) is 0 Å². The fraction of sp³-hybridized carbons (Fsp3) is 0.0556. The van der Waals surface area contributed by atoms with Crippen molar-refractivity contribution in [3.8, 4) is 11.5 Å². The molecule has 29 heavy (non-hydrogen) atoms. The van der Waals surface area contributed by atoms with Crippen molar-refractivity contribution < 1.29 is 24.0 Å². The first-order chi connectivity index (χ1) is 13.9. The summed E-state index contributed by atoms with van der Waals surface area (Å²) in [6.45, 7) is -0.0381. The number of fused-ring (bicyclic) bond motifs is 1. The Morgan fingerprint density at radius 2 is 1.93 bits per heavy atom. The van der Waals surface area contributed by atoms with Gasteiger partial charge in [-0.2, -0.15) is 5.01 Å². The smallest absolute Gasteiger partial charge is 0.285 e. The van der Waals surface area contributed by atoms with Crippen LogP contribution < -0.4 is 14.9 Å². The Labute approximate surface area is 173 Å². The van der Waals surface area contributed by atoms with E-state index in [-0.39, 0.29) is 33.0 Å². The Hall–Kier alpha value is -3.44. The predicted molar refractivity (Wildman–Crippen MR) is 108 cm³/mol. The lowest BCUT2D eigenvalue weighted by molar-refractivity contribution is -0.385. The number of thioether (sulfide) groups is 1. The number of nitrogens with one attached hydrogen (secondary N) is 1. The molecule has 0 unspecified atom stereocenters. The molecule has 1 fully saturated rings. The zero-order valence-electron chi connectivity index (χ0n) is 14.5. The van der Waals surface area contributed by atoms with Crippen molar-refractivity contribution >= 4 is 51.9 Å². The number of amides is 2. The number of ether oxygens (including phenoxy) is 2. The van der Waals surface area contributed by atoms with E-state index in [0.29, 0.717) is 11.3 Å². The van der Waals surface area contributed by atoms with E-state index in [1.54, 1.807) is 30.3 Å². The molecule has 1 N–H and O–H groups in total. The van der Waals surface area contributed by atoms with Crippen LogP contribution in [0, 0.1) is 10.1 Å². The molecular weight excluding hydrogens is 418 g/mol. The minimum Gasteiger partial charge on any atom is -0.454 e. The number of carbonyl (C=O) groups excluding carboxylic acids is 2. The number of carbonyl (C=O) groups is 2. The number of rotatable bonds is 4. The number of thiocarbonyl (C=S) groups is 1. The molecule has 0 radical (unpaired) electrons. The molecule has 0 saturated carbocycles. The first-order valence-corrected chi connectivity index (χ1v) is 9.38. The minimum absolute atomic E-state index is 0.0381. The number of hydrogen-bond donors (Lipinski definition) is 1. The zero-order chi connectivity index (χ0) is 20.5. The zero-order valence-corrected chi connectivity index (χ0v) is 16.1. The van der Waals surface area contributed by atoms with Crippen molar-refractivity contribution in [1.82, 2.24) is 10.4 Å². The Kier molecular flexibility index (Phi) is 4.91. The van der Waals surface area contributed by atoms with Crippen molar-refractivity contribution in [2.24, 2.45) is 0 Å². The van der Waals surface area contributed by atoms with Gasteiger partial charge in [-0.05, 0) is 36.5 Å². The highest BCUT2D eigenvalue weighted by Gasteiger charge is 2.35. The lowest BCUT2D eigenvalue weighted by Gasteiger charge is -2.15. The number of nitrogens with zero attached hydrogens (tertiary/aromatic N) is 2. The van der Waals surface area contributed by atoms with E-state index in [1.165, 1.54) is 18.2 Å². The van der Waals surface area contributed by atoms with Gasteiger partial charge in [-0.1, -0.05) is 30.0 Å². The lowest BCUT2D eigenvalue weighted by Crippen LogP contribution is -2.44. The molecule has 2 amide bonds. The first kappa shape index (κ1) is 18.9. The second kappa shape index (κ2) is 7.53. The summed E-state index contributed by atoms with van der Waals surface area (Å²) in [6, 6.07) is 11.0. The molecule has 0 spiro atoms. The number of nitro benzene ring substituents is 1. The summed E-state index contributed by atoms with van der Waals surface area (Å²) in [5, 5.41) is 12.3. The van der Waals surface area contributed by atoms with Gasteiger partial charge in [0.2, 0.25) is 6.79 Å². The number of hydrogen-bond acceptors (Lipinski definition) is 8. The maximum absolute atomic E-state index is 12.7. The molecule has 2 aromatic carbocycles. The maximum Gasteiger partial charge on any atom is 0.285 e. The number of benzene rings is 2. The molecule has 0 aromatic heterocycles. The highest BCUT2D eigenvalue weighted by molar-refractivity contribution is 8.26. The summed E-state index contributed by atoms with van der Waals surface area (Å²) in [6.07, 6.45) is 1.34. The molecule has 2 aliphatic rings. The highest BCUT2D eigenvalue weighted by Crippen LogP contribution is 2.40. The second-order valence-electron chi connectivity index (χ2n) is 5.85. The summed E-state index contributed by atoms with van der Waals surface area (Å²) >= 11 is 6.10. The van der Waals surface area contributed by atoms with E-state index in [4.69, 9.17) is 21.7 Å². The molecule has 11 heteroatoms. The predicted octanol–water partition coefficient (Wildman–Crippen LogP) is 2.87. The third-order valence-electron chi connectivity index (χ3n) is 4.05. The average molecular weight is 429 g/mol. The largest absolute Gasteiger partial charge is 0.454 e. The van der Waals surface area contributed by atoms with E-state index < -0.39 is 16.7 Å². The standard InChI is InChI=1S/C18H11N3O6S2/c22-16(10-4-2-1-3-5-10)19-20-17(23)15(29-18(20)28)7-11-6-13-14(27-9-26-13)8-12(11)21(24)25/h1-8H,9H2,(H,19,22)/b15-7-.